The molecule has 310 valence electrons. The summed E-state index contributed by atoms with van der Waals surface area (Å²) in [4.78, 5) is 25.6. The highest BCUT2D eigenvalue weighted by Crippen LogP contribution is 2.71. The zero-order valence-corrected chi connectivity index (χ0v) is 34.0. The van der Waals surface area contributed by atoms with Crippen molar-refractivity contribution in [2.75, 3.05) is 13.2 Å². The molecule has 2 aromatic carbocycles. The second-order valence-electron chi connectivity index (χ2n) is 18.9. The van der Waals surface area contributed by atoms with Gasteiger partial charge in [-0.2, -0.15) is 0 Å². The largest absolute Gasteiger partial charge is 0.505 e. The summed E-state index contributed by atoms with van der Waals surface area (Å²) in [5, 5.41) is 33.8. The maximum absolute atomic E-state index is 13.1. The van der Waals surface area contributed by atoms with Crippen molar-refractivity contribution in [1.82, 2.24) is 0 Å². The van der Waals surface area contributed by atoms with Gasteiger partial charge in [-0.05, 0) is 128 Å². The summed E-state index contributed by atoms with van der Waals surface area (Å²) in [6, 6.07) is 16.6. The number of aliphatic hydroxyl groups excluding tert-OH is 3. The molecule has 4 saturated carbocycles. The number of hydrogen-bond acceptors (Lipinski definition) is 10. The highest BCUT2D eigenvalue weighted by Gasteiger charge is 2.69. The number of carbonyl (C=O) groups excluding carboxylic acids is 2. The van der Waals surface area contributed by atoms with Gasteiger partial charge in [0, 0.05) is 18.8 Å². The molecule has 2 heterocycles. The molecule has 2 aliphatic heterocycles. The van der Waals surface area contributed by atoms with Crippen LogP contribution in [0.4, 0.5) is 0 Å². The van der Waals surface area contributed by atoms with Crippen molar-refractivity contribution in [2.24, 2.45) is 52.3 Å². The van der Waals surface area contributed by atoms with Crippen LogP contribution < -0.4 is 0 Å². The smallest absolute Gasteiger partial charge is 0.343 e. The van der Waals surface area contributed by atoms with Crippen LogP contribution in [0.5, 0.6) is 0 Å². The van der Waals surface area contributed by atoms with E-state index in [0.29, 0.717) is 47.0 Å². The molecule has 0 radical (unpaired) electrons. The minimum atomic E-state index is -1.83. The average molecular weight is 787 g/mol. The molecule has 4 aliphatic carbocycles. The van der Waals surface area contributed by atoms with Gasteiger partial charge < -0.3 is 39.0 Å². The van der Waals surface area contributed by atoms with E-state index in [-0.39, 0.29) is 41.6 Å². The third-order valence-electron chi connectivity index (χ3n) is 15.8. The standard InChI is InChI=1S/C47H62O10/c1-28-17-23-47(54-27-28)29(2)39-38(57-47)26-36-34-16-15-32-25-33(18-21-45(32,3)35(34)19-22-46(36,39)4)55-44(52)40(49)41(56-43(51)31-13-9-6-10-14-31)37(48)20-24-53-42(50)30-11-7-5-8-12-30/h5-14,28-29,32-39,44,48-49,52H,15-27H2,1-4H3/b41-40-/t28-,29-,32+,33-,34+,35-,36-,37-,38-,39-,44-,45-,46-,47+/m0/s1. The summed E-state index contributed by atoms with van der Waals surface area (Å²) in [7, 11) is 0. The number of fused-ring (bicyclic) bond motifs is 7. The summed E-state index contributed by atoms with van der Waals surface area (Å²) < 4.78 is 30.5. The molecular formula is C47H62O10. The fraction of sp³-hybridized carbons (Fsp3) is 0.660. The minimum absolute atomic E-state index is 0.157. The van der Waals surface area contributed by atoms with E-state index in [2.05, 4.69) is 27.7 Å². The van der Waals surface area contributed by atoms with Gasteiger partial charge >= 0.3 is 11.9 Å². The topological polar surface area (TPSA) is 141 Å². The fourth-order valence-corrected chi connectivity index (χ4v) is 12.8. The second kappa shape index (κ2) is 16.1. The van der Waals surface area contributed by atoms with Gasteiger partial charge in [-0.1, -0.05) is 64.1 Å². The first-order valence-electron chi connectivity index (χ1n) is 21.6. The molecule has 2 aromatic rings. The van der Waals surface area contributed by atoms with Crippen molar-refractivity contribution in [1.29, 1.82) is 0 Å². The van der Waals surface area contributed by atoms with Gasteiger partial charge in [-0.25, -0.2) is 9.59 Å². The van der Waals surface area contributed by atoms with Crippen LogP contribution in [0.1, 0.15) is 119 Å². The van der Waals surface area contributed by atoms with Crippen LogP contribution in [0, 0.1) is 52.3 Å². The zero-order valence-electron chi connectivity index (χ0n) is 34.0. The van der Waals surface area contributed by atoms with E-state index in [1.807, 2.05) is 0 Å². The Morgan fingerprint density at radius 1 is 0.825 bits per heavy atom. The molecule has 0 aromatic heterocycles. The van der Waals surface area contributed by atoms with E-state index < -0.39 is 41.6 Å². The fourth-order valence-electron chi connectivity index (χ4n) is 12.8. The van der Waals surface area contributed by atoms with E-state index >= 15 is 0 Å². The van der Waals surface area contributed by atoms with Crippen molar-refractivity contribution in [3.05, 3.63) is 83.3 Å². The predicted octanol–water partition coefficient (Wildman–Crippen LogP) is 8.37. The number of carbonyl (C=O) groups is 2. The predicted molar refractivity (Wildman–Crippen MR) is 211 cm³/mol. The molecule has 6 fully saturated rings. The highest BCUT2D eigenvalue weighted by molar-refractivity contribution is 5.90. The van der Waals surface area contributed by atoms with Gasteiger partial charge in [0.15, 0.2) is 17.3 Å². The molecule has 3 N–H and O–H groups in total. The SMILES string of the molecule is C[C@H]1CC[C@@]2(OC1)O[C@H]1C[C@H]3[C@@H]4CC[C@@H]5C[C@@H](O[C@H](O)/C(O)=C(/OC(=O)c6ccccc6)[C@@H](O)CCOC(=O)c6ccccc6)CC[C@]5(C)[C@H]4CC[C@]3(C)[C@H]1[C@@H]2C. The van der Waals surface area contributed by atoms with Gasteiger partial charge in [0.05, 0.1) is 36.5 Å². The number of benzene rings is 2. The molecule has 2 saturated heterocycles. The molecule has 57 heavy (non-hydrogen) atoms. The lowest BCUT2D eigenvalue weighted by atomic mass is 9.44. The van der Waals surface area contributed by atoms with Crippen LogP contribution in [-0.4, -0.2) is 70.9 Å². The van der Waals surface area contributed by atoms with Crippen LogP contribution in [0.15, 0.2) is 72.2 Å². The van der Waals surface area contributed by atoms with Crippen molar-refractivity contribution < 1.29 is 48.6 Å². The third kappa shape index (κ3) is 7.47. The Morgan fingerprint density at radius 2 is 1.51 bits per heavy atom. The molecule has 10 heteroatoms. The summed E-state index contributed by atoms with van der Waals surface area (Å²) >= 11 is 0. The molecule has 1 spiro atoms. The van der Waals surface area contributed by atoms with E-state index in [1.54, 1.807) is 60.7 Å². The summed E-state index contributed by atoms with van der Waals surface area (Å²) in [6.07, 6.45) is 6.83. The van der Waals surface area contributed by atoms with Crippen molar-refractivity contribution in [3.8, 4) is 0 Å². The minimum Gasteiger partial charge on any atom is -0.505 e. The Morgan fingerprint density at radius 3 is 2.19 bits per heavy atom. The summed E-state index contributed by atoms with van der Waals surface area (Å²) in [5.41, 5.74) is 0.969. The maximum atomic E-state index is 13.1. The van der Waals surface area contributed by atoms with Gasteiger partial charge in [0.1, 0.15) is 6.10 Å². The molecular weight excluding hydrogens is 725 g/mol. The molecule has 6 aliphatic rings. The normalized spacial score (nSPS) is 39.8. The molecule has 14 atom stereocenters. The van der Waals surface area contributed by atoms with Crippen LogP contribution >= 0.6 is 0 Å². The van der Waals surface area contributed by atoms with Crippen LogP contribution in [0.3, 0.4) is 0 Å². The summed E-state index contributed by atoms with van der Waals surface area (Å²) in [5.74, 6) is 0.783. The number of hydrogen-bond donors (Lipinski definition) is 3. The lowest BCUT2D eigenvalue weighted by Crippen LogP contribution is -2.55. The van der Waals surface area contributed by atoms with Crippen LogP contribution in [-0.2, 0) is 23.7 Å². The lowest BCUT2D eigenvalue weighted by molar-refractivity contribution is -0.273. The molecule has 0 amide bonds. The van der Waals surface area contributed by atoms with Gasteiger partial charge in [-0.3, -0.25) is 0 Å². The Hall–Kier alpha value is -3.28. The highest BCUT2D eigenvalue weighted by atomic mass is 16.7. The molecule has 0 bridgehead atoms. The zero-order chi connectivity index (χ0) is 40.1. The van der Waals surface area contributed by atoms with Gasteiger partial charge in [0.2, 0.25) is 6.29 Å². The monoisotopic (exact) mass is 786 g/mol. The Kier molecular flexibility index (Phi) is 11.4. The number of esters is 2. The second-order valence-corrected chi connectivity index (χ2v) is 18.9. The third-order valence-corrected chi connectivity index (χ3v) is 15.8. The first kappa shape index (κ1) is 40.5. The lowest BCUT2D eigenvalue weighted by Gasteiger charge is -2.61. The van der Waals surface area contributed by atoms with E-state index in [4.69, 9.17) is 23.7 Å². The van der Waals surface area contributed by atoms with Crippen LogP contribution in [0.25, 0.3) is 0 Å². The van der Waals surface area contributed by atoms with Crippen molar-refractivity contribution in [3.63, 3.8) is 0 Å². The van der Waals surface area contributed by atoms with Crippen LogP contribution in [0.2, 0.25) is 0 Å². The van der Waals surface area contributed by atoms with E-state index in [9.17, 15) is 24.9 Å². The van der Waals surface area contributed by atoms with Gasteiger partial charge in [0.25, 0.3) is 0 Å². The van der Waals surface area contributed by atoms with Crippen molar-refractivity contribution >= 4 is 11.9 Å². The average Bonchev–Trinajstić information content (AvgIpc) is 3.67. The Bertz CT molecular complexity index is 1770. The number of ether oxygens (including phenoxy) is 5. The quantitative estimate of drug-likeness (QED) is 0.122. The Labute approximate surface area is 337 Å². The first-order valence-corrected chi connectivity index (χ1v) is 21.6. The van der Waals surface area contributed by atoms with Crippen molar-refractivity contribution in [2.45, 2.75) is 129 Å². The molecule has 8 rings (SSSR count). The molecule has 0 unspecified atom stereocenters. The first-order chi connectivity index (χ1) is 27.3. The number of rotatable bonds is 10. The maximum Gasteiger partial charge on any atom is 0.343 e. The molecule has 10 nitrogen and oxygen atoms in total. The Balaban J connectivity index is 0.916. The summed E-state index contributed by atoms with van der Waals surface area (Å²) in [6.45, 7) is 10.3. The van der Waals surface area contributed by atoms with E-state index in [1.165, 1.54) is 25.7 Å². The van der Waals surface area contributed by atoms with E-state index in [0.717, 1.165) is 45.1 Å². The number of aliphatic hydroxyl groups is 3. The van der Waals surface area contributed by atoms with Gasteiger partial charge in [-0.15, -0.1) is 0 Å².